The van der Waals surface area contributed by atoms with E-state index >= 15 is 0 Å². The number of esters is 1. The van der Waals surface area contributed by atoms with E-state index in [4.69, 9.17) is 4.74 Å². The maximum atomic E-state index is 12.2. The topological polar surface area (TPSA) is 26.3 Å². The van der Waals surface area contributed by atoms with Gasteiger partial charge in [-0.3, -0.25) is 0 Å². The first-order valence-corrected chi connectivity index (χ1v) is 6.68. The average Bonchev–Trinajstić information content (AvgIpc) is 2.49. The molecule has 20 heavy (non-hydrogen) atoms. The Hall–Kier alpha value is -2.26. The Morgan fingerprint density at radius 3 is 2.35 bits per heavy atom. The van der Waals surface area contributed by atoms with Crippen LogP contribution >= 0.6 is 12.6 Å². The molecule has 98 valence electrons. The molecular formula is C17H12O2S. The van der Waals surface area contributed by atoms with Gasteiger partial charge >= 0.3 is 5.97 Å². The first-order chi connectivity index (χ1) is 9.75. The van der Waals surface area contributed by atoms with E-state index in [1.54, 1.807) is 18.2 Å². The molecule has 0 radical (unpaired) electrons. The van der Waals surface area contributed by atoms with E-state index in [1.807, 2.05) is 48.5 Å². The SMILES string of the molecule is O=C(Oc1ccccc1)c1ccc2ccccc2c1S. The Labute approximate surface area is 122 Å². The third-order valence-corrected chi connectivity index (χ3v) is 3.56. The molecule has 0 aromatic heterocycles. The van der Waals surface area contributed by atoms with Gasteiger partial charge in [0.1, 0.15) is 5.75 Å². The van der Waals surface area contributed by atoms with Gasteiger partial charge in [0.2, 0.25) is 0 Å². The van der Waals surface area contributed by atoms with Crippen molar-refractivity contribution in [2.24, 2.45) is 0 Å². The van der Waals surface area contributed by atoms with Crippen molar-refractivity contribution in [3.63, 3.8) is 0 Å². The molecule has 0 aliphatic rings. The smallest absolute Gasteiger partial charge is 0.344 e. The van der Waals surface area contributed by atoms with Gasteiger partial charge in [-0.25, -0.2) is 4.79 Å². The molecule has 0 unspecified atom stereocenters. The van der Waals surface area contributed by atoms with E-state index in [0.29, 0.717) is 16.2 Å². The minimum absolute atomic E-state index is 0.396. The molecule has 0 aliphatic heterocycles. The van der Waals surface area contributed by atoms with Gasteiger partial charge in [-0.2, -0.15) is 0 Å². The van der Waals surface area contributed by atoms with Crippen molar-refractivity contribution in [2.45, 2.75) is 4.90 Å². The van der Waals surface area contributed by atoms with Crippen LogP contribution in [0.1, 0.15) is 10.4 Å². The second-order valence-electron chi connectivity index (χ2n) is 4.39. The summed E-state index contributed by atoms with van der Waals surface area (Å²) in [7, 11) is 0. The van der Waals surface area contributed by atoms with Crippen molar-refractivity contribution in [2.75, 3.05) is 0 Å². The molecular weight excluding hydrogens is 268 g/mol. The van der Waals surface area contributed by atoms with Crippen LogP contribution in [-0.2, 0) is 0 Å². The van der Waals surface area contributed by atoms with E-state index in [0.717, 1.165) is 10.8 Å². The van der Waals surface area contributed by atoms with Crippen LogP contribution in [-0.4, -0.2) is 5.97 Å². The summed E-state index contributed by atoms with van der Waals surface area (Å²) in [5.41, 5.74) is 0.468. The summed E-state index contributed by atoms with van der Waals surface area (Å²) in [5.74, 6) is 0.130. The van der Waals surface area contributed by atoms with Gasteiger partial charge in [0, 0.05) is 4.90 Å². The quantitative estimate of drug-likeness (QED) is 0.429. The number of para-hydroxylation sites is 1. The normalized spacial score (nSPS) is 10.4. The van der Waals surface area contributed by atoms with E-state index in [-0.39, 0.29) is 0 Å². The van der Waals surface area contributed by atoms with Gasteiger partial charge in [-0.1, -0.05) is 48.5 Å². The predicted molar refractivity (Wildman–Crippen MR) is 82.6 cm³/mol. The van der Waals surface area contributed by atoms with Gasteiger partial charge in [0.25, 0.3) is 0 Å². The zero-order valence-electron chi connectivity index (χ0n) is 10.6. The fourth-order valence-corrected chi connectivity index (χ4v) is 2.44. The number of fused-ring (bicyclic) bond motifs is 1. The molecule has 0 heterocycles. The van der Waals surface area contributed by atoms with E-state index in [9.17, 15) is 4.79 Å². The first kappa shape index (κ1) is 12.8. The summed E-state index contributed by atoms with van der Waals surface area (Å²) in [6, 6.07) is 20.5. The third-order valence-electron chi connectivity index (χ3n) is 3.07. The summed E-state index contributed by atoms with van der Waals surface area (Å²) in [5, 5.41) is 1.99. The van der Waals surface area contributed by atoms with Crippen molar-refractivity contribution in [1.82, 2.24) is 0 Å². The van der Waals surface area contributed by atoms with Crippen LogP contribution in [0.2, 0.25) is 0 Å². The molecule has 0 bridgehead atoms. The van der Waals surface area contributed by atoms with Gasteiger partial charge in [0.05, 0.1) is 5.56 Å². The van der Waals surface area contributed by atoms with Gasteiger partial charge in [0.15, 0.2) is 0 Å². The average molecular weight is 280 g/mol. The lowest BCUT2D eigenvalue weighted by Gasteiger charge is -2.08. The summed E-state index contributed by atoms with van der Waals surface area (Å²) >= 11 is 4.47. The molecule has 2 nitrogen and oxygen atoms in total. The van der Waals surface area contributed by atoms with E-state index in [2.05, 4.69) is 12.6 Å². The highest BCUT2D eigenvalue weighted by molar-refractivity contribution is 7.80. The minimum Gasteiger partial charge on any atom is -0.423 e. The van der Waals surface area contributed by atoms with Crippen LogP contribution in [0.25, 0.3) is 10.8 Å². The number of thiol groups is 1. The molecule has 3 aromatic rings. The van der Waals surface area contributed by atoms with E-state index < -0.39 is 5.97 Å². The lowest BCUT2D eigenvalue weighted by Crippen LogP contribution is -2.09. The minimum atomic E-state index is -0.396. The zero-order valence-corrected chi connectivity index (χ0v) is 11.5. The highest BCUT2D eigenvalue weighted by Gasteiger charge is 2.14. The second kappa shape index (κ2) is 5.39. The lowest BCUT2D eigenvalue weighted by atomic mass is 10.1. The Morgan fingerprint density at radius 1 is 0.850 bits per heavy atom. The fourth-order valence-electron chi connectivity index (χ4n) is 2.07. The van der Waals surface area contributed by atoms with Crippen molar-refractivity contribution in [3.05, 3.63) is 72.3 Å². The Bertz CT molecular complexity index is 766. The van der Waals surface area contributed by atoms with Gasteiger partial charge in [-0.15, -0.1) is 12.6 Å². The number of hydrogen-bond donors (Lipinski definition) is 1. The van der Waals surface area contributed by atoms with E-state index in [1.165, 1.54) is 0 Å². The Kier molecular flexibility index (Phi) is 3.44. The third kappa shape index (κ3) is 2.40. The highest BCUT2D eigenvalue weighted by Crippen LogP contribution is 2.26. The van der Waals surface area contributed by atoms with Crippen molar-refractivity contribution >= 4 is 29.4 Å². The molecule has 0 atom stereocenters. The molecule has 0 amide bonds. The molecule has 0 fully saturated rings. The summed E-state index contributed by atoms with van der Waals surface area (Å²) in [6.45, 7) is 0. The maximum absolute atomic E-state index is 12.2. The molecule has 3 aromatic carbocycles. The zero-order chi connectivity index (χ0) is 13.9. The molecule has 0 aliphatic carbocycles. The molecule has 0 spiro atoms. The standard InChI is InChI=1S/C17H12O2S/c18-17(19-13-7-2-1-3-8-13)15-11-10-12-6-4-5-9-14(12)16(15)20/h1-11,20H. The number of rotatable bonds is 2. The molecule has 0 saturated heterocycles. The van der Waals surface area contributed by atoms with Crippen molar-refractivity contribution in [1.29, 1.82) is 0 Å². The fraction of sp³-hybridized carbons (Fsp3) is 0. The second-order valence-corrected chi connectivity index (χ2v) is 4.83. The van der Waals surface area contributed by atoms with Crippen LogP contribution in [0.5, 0.6) is 5.75 Å². The van der Waals surface area contributed by atoms with Crippen LogP contribution in [0.15, 0.2) is 71.6 Å². The number of ether oxygens (including phenoxy) is 1. The van der Waals surface area contributed by atoms with Crippen LogP contribution < -0.4 is 4.74 Å². The van der Waals surface area contributed by atoms with Crippen LogP contribution in [0.4, 0.5) is 0 Å². The number of benzene rings is 3. The molecule has 0 N–H and O–H groups in total. The van der Waals surface area contributed by atoms with Crippen LogP contribution in [0.3, 0.4) is 0 Å². The van der Waals surface area contributed by atoms with Crippen molar-refractivity contribution < 1.29 is 9.53 Å². The molecule has 0 saturated carbocycles. The molecule has 3 heteroatoms. The summed E-state index contributed by atoms with van der Waals surface area (Å²) < 4.78 is 5.34. The number of carbonyl (C=O) groups is 1. The summed E-state index contributed by atoms with van der Waals surface area (Å²) in [6.07, 6.45) is 0. The lowest BCUT2D eigenvalue weighted by molar-refractivity contribution is 0.0731. The van der Waals surface area contributed by atoms with Gasteiger partial charge < -0.3 is 4.74 Å². The highest BCUT2D eigenvalue weighted by atomic mass is 32.1. The molecule has 3 rings (SSSR count). The van der Waals surface area contributed by atoms with Crippen LogP contribution in [0, 0.1) is 0 Å². The van der Waals surface area contributed by atoms with Crippen molar-refractivity contribution in [3.8, 4) is 5.75 Å². The van der Waals surface area contributed by atoms with Gasteiger partial charge in [-0.05, 0) is 29.0 Å². The predicted octanol–water partition coefficient (Wildman–Crippen LogP) is 4.35. The largest absolute Gasteiger partial charge is 0.423 e. The maximum Gasteiger partial charge on any atom is 0.344 e. The monoisotopic (exact) mass is 280 g/mol. The number of carbonyl (C=O) groups excluding carboxylic acids is 1. The Balaban J connectivity index is 1.98. The summed E-state index contributed by atoms with van der Waals surface area (Å²) in [4.78, 5) is 12.9. The number of hydrogen-bond acceptors (Lipinski definition) is 3. The Morgan fingerprint density at radius 2 is 1.55 bits per heavy atom. The first-order valence-electron chi connectivity index (χ1n) is 6.23.